The van der Waals surface area contributed by atoms with Gasteiger partial charge in [0.05, 0.1) is 0 Å². The van der Waals surface area contributed by atoms with Crippen molar-refractivity contribution in [3.05, 3.63) is 0 Å². The number of hydrogen-bond acceptors (Lipinski definition) is 2. The van der Waals surface area contributed by atoms with Crippen molar-refractivity contribution >= 4 is 0 Å². The van der Waals surface area contributed by atoms with Crippen LogP contribution in [0, 0.1) is 23.7 Å². The second kappa shape index (κ2) is 4.30. The molecule has 3 unspecified atom stereocenters. The largest absolute Gasteiger partial charge is 0.316 e. The Kier molecular flexibility index (Phi) is 2.97. The molecule has 3 aliphatic rings. The van der Waals surface area contributed by atoms with E-state index in [1.54, 1.807) is 0 Å². The van der Waals surface area contributed by atoms with Crippen LogP contribution in [-0.4, -0.2) is 37.1 Å². The van der Waals surface area contributed by atoms with Crippen molar-refractivity contribution in [2.45, 2.75) is 39.2 Å². The fourth-order valence-electron chi connectivity index (χ4n) is 4.35. The van der Waals surface area contributed by atoms with Crippen molar-refractivity contribution in [3.8, 4) is 0 Å². The van der Waals surface area contributed by atoms with Crippen molar-refractivity contribution in [1.29, 1.82) is 0 Å². The number of hydrogen-bond donors (Lipinski definition) is 1. The van der Waals surface area contributed by atoms with Gasteiger partial charge in [-0.1, -0.05) is 13.8 Å². The Bertz CT molecular complexity index is 241. The summed E-state index contributed by atoms with van der Waals surface area (Å²) in [6.07, 6.45) is 4.36. The van der Waals surface area contributed by atoms with Gasteiger partial charge in [0.1, 0.15) is 0 Å². The number of nitrogens with zero attached hydrogens (tertiary/aromatic N) is 1. The Hall–Kier alpha value is -0.0800. The summed E-state index contributed by atoms with van der Waals surface area (Å²) >= 11 is 0. The fraction of sp³-hybridized carbons (Fsp3) is 1.00. The van der Waals surface area contributed by atoms with E-state index >= 15 is 0 Å². The van der Waals surface area contributed by atoms with Crippen molar-refractivity contribution in [2.75, 3.05) is 26.2 Å². The lowest BCUT2D eigenvalue weighted by molar-refractivity contribution is 0.108. The molecule has 1 N–H and O–H groups in total. The summed E-state index contributed by atoms with van der Waals surface area (Å²) < 4.78 is 0. The number of rotatable bonds is 1. The Morgan fingerprint density at radius 2 is 1.69 bits per heavy atom. The average molecular weight is 222 g/mol. The zero-order chi connectivity index (χ0) is 11.1. The molecule has 2 heterocycles. The Labute approximate surface area is 99.8 Å². The maximum atomic E-state index is 3.54. The maximum Gasteiger partial charge on any atom is 0.0121 e. The van der Waals surface area contributed by atoms with E-state index in [9.17, 15) is 0 Å². The zero-order valence-electron chi connectivity index (χ0n) is 10.8. The van der Waals surface area contributed by atoms with Crippen molar-refractivity contribution < 1.29 is 0 Å². The van der Waals surface area contributed by atoms with E-state index in [1.165, 1.54) is 45.4 Å². The minimum absolute atomic E-state index is 0.904. The minimum Gasteiger partial charge on any atom is -0.316 e. The number of nitrogens with one attached hydrogen (secondary N) is 1. The summed E-state index contributed by atoms with van der Waals surface area (Å²) in [5.41, 5.74) is 0. The normalized spacial score (nSPS) is 49.5. The van der Waals surface area contributed by atoms with Gasteiger partial charge in [-0.05, 0) is 56.0 Å². The van der Waals surface area contributed by atoms with E-state index in [0.717, 1.165) is 29.7 Å². The van der Waals surface area contributed by atoms with Gasteiger partial charge in [-0.3, -0.25) is 4.90 Å². The molecule has 0 radical (unpaired) electrons. The molecule has 2 nitrogen and oxygen atoms in total. The molecule has 3 rings (SSSR count). The highest BCUT2D eigenvalue weighted by atomic mass is 15.2. The van der Waals surface area contributed by atoms with E-state index in [4.69, 9.17) is 0 Å². The first-order valence-corrected chi connectivity index (χ1v) is 7.19. The highest BCUT2D eigenvalue weighted by molar-refractivity contribution is 4.95. The molecule has 0 bridgehead atoms. The average Bonchev–Trinajstić information content (AvgIpc) is 2.76. The molecule has 2 saturated heterocycles. The van der Waals surface area contributed by atoms with Crippen LogP contribution in [0.3, 0.4) is 0 Å². The Morgan fingerprint density at radius 1 is 1.00 bits per heavy atom. The first-order chi connectivity index (χ1) is 7.74. The van der Waals surface area contributed by atoms with Gasteiger partial charge in [-0.25, -0.2) is 0 Å². The van der Waals surface area contributed by atoms with E-state index in [0.29, 0.717) is 0 Å². The van der Waals surface area contributed by atoms with Crippen molar-refractivity contribution in [2.24, 2.45) is 23.7 Å². The minimum atomic E-state index is 0.904. The van der Waals surface area contributed by atoms with Crippen LogP contribution in [0.1, 0.15) is 33.1 Å². The van der Waals surface area contributed by atoms with Gasteiger partial charge in [-0.15, -0.1) is 0 Å². The standard InChI is InChI=1S/C14H26N2/c1-10-3-4-14(11(2)5-10)16-8-12-6-15-7-13(12)9-16/h10-15H,3-9H2,1-2H3/t10?,11?,12-,13+,14?. The number of fused-ring (bicyclic) bond motifs is 1. The first kappa shape index (κ1) is 11.0. The van der Waals surface area contributed by atoms with Gasteiger partial charge in [0.15, 0.2) is 0 Å². The molecular formula is C14H26N2. The quantitative estimate of drug-likeness (QED) is 0.729. The molecule has 0 spiro atoms. The molecule has 2 heteroatoms. The molecule has 1 aliphatic carbocycles. The fourth-order valence-corrected chi connectivity index (χ4v) is 4.35. The van der Waals surface area contributed by atoms with E-state index in [1.807, 2.05) is 0 Å². The third-order valence-electron chi connectivity index (χ3n) is 5.27. The van der Waals surface area contributed by atoms with E-state index < -0.39 is 0 Å². The van der Waals surface area contributed by atoms with Crippen LogP contribution in [0.25, 0.3) is 0 Å². The predicted molar refractivity (Wildman–Crippen MR) is 67.4 cm³/mol. The van der Waals surface area contributed by atoms with Crippen LogP contribution in [0.2, 0.25) is 0 Å². The zero-order valence-corrected chi connectivity index (χ0v) is 10.8. The van der Waals surface area contributed by atoms with Crippen LogP contribution in [0.4, 0.5) is 0 Å². The van der Waals surface area contributed by atoms with Gasteiger partial charge in [-0.2, -0.15) is 0 Å². The predicted octanol–water partition coefficient (Wildman–Crippen LogP) is 1.96. The molecule has 0 amide bonds. The van der Waals surface area contributed by atoms with Crippen LogP contribution in [-0.2, 0) is 0 Å². The van der Waals surface area contributed by atoms with Gasteiger partial charge >= 0.3 is 0 Å². The summed E-state index contributed by atoms with van der Waals surface area (Å²) in [5, 5.41) is 3.54. The number of likely N-dealkylation sites (tertiary alicyclic amines) is 1. The highest BCUT2D eigenvalue weighted by Crippen LogP contribution is 2.36. The molecule has 92 valence electrons. The smallest absolute Gasteiger partial charge is 0.0121 e. The van der Waals surface area contributed by atoms with E-state index in [2.05, 4.69) is 24.1 Å². The maximum absolute atomic E-state index is 3.54. The summed E-state index contributed by atoms with van der Waals surface area (Å²) in [4.78, 5) is 2.83. The molecule has 0 aromatic heterocycles. The summed E-state index contributed by atoms with van der Waals surface area (Å²) in [5.74, 6) is 3.82. The molecule has 2 aliphatic heterocycles. The van der Waals surface area contributed by atoms with Gasteiger partial charge in [0.25, 0.3) is 0 Å². The Balaban J connectivity index is 1.61. The molecule has 0 aromatic rings. The third-order valence-corrected chi connectivity index (χ3v) is 5.27. The van der Waals surface area contributed by atoms with Gasteiger partial charge < -0.3 is 5.32 Å². The third kappa shape index (κ3) is 1.91. The Morgan fingerprint density at radius 3 is 2.31 bits per heavy atom. The molecule has 3 fully saturated rings. The molecule has 0 aromatic carbocycles. The molecule has 1 saturated carbocycles. The summed E-state index contributed by atoms with van der Waals surface area (Å²) in [7, 11) is 0. The molecule has 5 atom stereocenters. The molecule has 16 heavy (non-hydrogen) atoms. The summed E-state index contributed by atoms with van der Waals surface area (Å²) in [6, 6.07) is 0.904. The highest BCUT2D eigenvalue weighted by Gasteiger charge is 2.40. The monoisotopic (exact) mass is 222 g/mol. The van der Waals surface area contributed by atoms with Crippen LogP contribution < -0.4 is 5.32 Å². The molecular weight excluding hydrogens is 196 g/mol. The van der Waals surface area contributed by atoms with Crippen molar-refractivity contribution in [3.63, 3.8) is 0 Å². The topological polar surface area (TPSA) is 15.3 Å². The van der Waals surface area contributed by atoms with Crippen LogP contribution in [0.15, 0.2) is 0 Å². The second-order valence-electron chi connectivity index (χ2n) is 6.60. The lowest BCUT2D eigenvalue weighted by Gasteiger charge is -2.39. The van der Waals surface area contributed by atoms with Crippen molar-refractivity contribution in [1.82, 2.24) is 10.2 Å². The first-order valence-electron chi connectivity index (χ1n) is 7.19. The van der Waals surface area contributed by atoms with Crippen LogP contribution >= 0.6 is 0 Å². The second-order valence-corrected chi connectivity index (χ2v) is 6.60. The lowest BCUT2D eigenvalue weighted by Crippen LogP contribution is -2.42. The van der Waals surface area contributed by atoms with Gasteiger partial charge in [0, 0.05) is 19.1 Å². The van der Waals surface area contributed by atoms with E-state index in [-0.39, 0.29) is 0 Å². The summed E-state index contributed by atoms with van der Waals surface area (Å²) in [6.45, 7) is 10.2. The van der Waals surface area contributed by atoms with Crippen LogP contribution in [0.5, 0.6) is 0 Å². The lowest BCUT2D eigenvalue weighted by atomic mass is 9.79. The van der Waals surface area contributed by atoms with Gasteiger partial charge in [0.2, 0.25) is 0 Å². The SMILES string of the molecule is CC1CCC(N2C[C@H]3CNC[C@H]3C2)C(C)C1.